The van der Waals surface area contributed by atoms with Crippen molar-refractivity contribution in [2.45, 2.75) is 38.7 Å². The van der Waals surface area contributed by atoms with Crippen LogP contribution in [-0.4, -0.2) is 46.7 Å². The first-order chi connectivity index (χ1) is 20.3. The first-order valence-electron chi connectivity index (χ1n) is 13.9. The van der Waals surface area contributed by atoms with Crippen LogP contribution in [0.15, 0.2) is 72.8 Å². The largest absolute Gasteiger partial charge is 0.463 e. The van der Waals surface area contributed by atoms with Crippen molar-refractivity contribution in [1.82, 2.24) is 0 Å². The van der Waals surface area contributed by atoms with E-state index in [1.807, 2.05) is 6.92 Å². The lowest BCUT2D eigenvalue weighted by molar-refractivity contribution is -0.393. The van der Waals surface area contributed by atoms with Gasteiger partial charge in [0.1, 0.15) is 18.4 Å². The zero-order valence-corrected chi connectivity index (χ0v) is 23.2. The monoisotopic (exact) mass is 569 g/mol. The van der Waals surface area contributed by atoms with E-state index < -0.39 is 33.3 Å². The third-order valence-corrected chi connectivity index (χ3v) is 7.51. The van der Waals surface area contributed by atoms with Crippen LogP contribution in [-0.2, 0) is 16.0 Å². The predicted molar refractivity (Wildman–Crippen MR) is 162 cm³/mol. The summed E-state index contributed by atoms with van der Waals surface area (Å²) in [6.45, 7) is 1.93. The van der Waals surface area contributed by atoms with Crippen LogP contribution in [0.4, 0.5) is 17.1 Å². The number of non-ortho nitro benzene ring substituents is 1. The number of aliphatic hydroxyl groups is 1. The second kappa shape index (κ2) is 12.4. The molecule has 5 aromatic rings. The minimum Gasteiger partial charge on any atom is -0.463 e. The quantitative estimate of drug-likeness (QED) is 0.0730. The van der Waals surface area contributed by atoms with Crippen molar-refractivity contribution >= 4 is 55.3 Å². The van der Waals surface area contributed by atoms with Crippen LogP contribution >= 0.6 is 0 Å². The Balaban J connectivity index is 1.18. The number of aliphatic hydroxyl groups excluding tert-OH is 1. The number of carbonyl (C=O) groups excluding carboxylic acids is 1. The molecule has 0 aliphatic heterocycles. The summed E-state index contributed by atoms with van der Waals surface area (Å²) in [5.74, 6) is -0.435. The molecule has 0 saturated heterocycles. The van der Waals surface area contributed by atoms with Crippen molar-refractivity contribution in [3.05, 3.63) is 98.6 Å². The molecule has 10 heteroatoms. The number of anilines is 1. The summed E-state index contributed by atoms with van der Waals surface area (Å²) >= 11 is 0. The first kappa shape index (κ1) is 28.7. The molecule has 0 aliphatic rings. The van der Waals surface area contributed by atoms with Gasteiger partial charge in [-0.2, -0.15) is 0 Å². The molecule has 0 aliphatic carbocycles. The maximum absolute atomic E-state index is 12.5. The van der Waals surface area contributed by atoms with Crippen LogP contribution in [0.2, 0.25) is 0 Å². The topological polar surface area (TPSA) is 136 Å². The summed E-state index contributed by atoms with van der Waals surface area (Å²) in [6.07, 6.45) is 0.966. The highest BCUT2D eigenvalue weighted by molar-refractivity contribution is 6.23. The molecule has 10 nitrogen and oxygen atoms in total. The average molecular weight is 570 g/mol. The van der Waals surface area contributed by atoms with E-state index >= 15 is 0 Å². The van der Waals surface area contributed by atoms with Crippen LogP contribution in [0, 0.1) is 20.2 Å². The Morgan fingerprint density at radius 3 is 2.31 bits per heavy atom. The fraction of sp³-hybridized carbons (Fsp3) is 0.281. The van der Waals surface area contributed by atoms with Gasteiger partial charge in [-0.1, -0.05) is 61.5 Å². The van der Waals surface area contributed by atoms with E-state index in [0.29, 0.717) is 25.8 Å². The Labute approximate surface area is 241 Å². The smallest absolute Gasteiger partial charge is 0.305 e. The molecule has 0 radical (unpaired) electrons. The van der Waals surface area contributed by atoms with Gasteiger partial charge < -0.3 is 14.7 Å². The standard InChI is InChI=1S/C32H31N3O7/c1-2-17-33(28-16-14-25(34(38)39)18-29(28)35(40)41)19-26(36)20-42-30(37)8-4-5-21-9-10-24-12-11-22-6-3-7-23-13-15-27(21)32(24)31(22)23/h3,6-7,9-16,18,26,36H,2,4-5,8,17,19-20H2,1H3. The molecule has 1 N–H and O–H groups in total. The van der Waals surface area contributed by atoms with E-state index in [1.54, 1.807) is 4.90 Å². The molecule has 0 fully saturated rings. The van der Waals surface area contributed by atoms with Gasteiger partial charge in [0, 0.05) is 25.6 Å². The van der Waals surface area contributed by atoms with Crippen molar-refractivity contribution in [2.24, 2.45) is 0 Å². The Hall–Kier alpha value is -4.83. The van der Waals surface area contributed by atoms with Gasteiger partial charge in [0.25, 0.3) is 11.4 Å². The van der Waals surface area contributed by atoms with Crippen molar-refractivity contribution in [1.29, 1.82) is 0 Å². The number of carbonyl (C=O) groups is 1. The second-order valence-corrected chi connectivity index (χ2v) is 10.4. The van der Waals surface area contributed by atoms with E-state index in [-0.39, 0.29) is 25.3 Å². The lowest BCUT2D eigenvalue weighted by Gasteiger charge is -2.26. The SMILES string of the molecule is CCCN(CC(O)COC(=O)CCCc1ccc2ccc3cccc4ccc1c2c34)c1ccc([N+](=O)[O-])cc1[N+](=O)[O-]. The summed E-state index contributed by atoms with van der Waals surface area (Å²) in [4.78, 5) is 35.4. The van der Waals surface area contributed by atoms with Gasteiger partial charge in [-0.25, -0.2) is 0 Å². The molecular weight excluding hydrogens is 538 g/mol. The van der Waals surface area contributed by atoms with E-state index in [9.17, 15) is 30.1 Å². The lowest BCUT2D eigenvalue weighted by atomic mass is 9.90. The number of hydrogen-bond donors (Lipinski definition) is 1. The molecule has 42 heavy (non-hydrogen) atoms. The average Bonchev–Trinajstić information content (AvgIpc) is 2.98. The van der Waals surface area contributed by atoms with Gasteiger partial charge in [0.2, 0.25) is 0 Å². The molecular formula is C32H31N3O7. The zero-order chi connectivity index (χ0) is 29.8. The highest BCUT2D eigenvalue weighted by Crippen LogP contribution is 2.36. The molecule has 5 rings (SSSR count). The molecule has 0 spiro atoms. The number of esters is 1. The van der Waals surface area contributed by atoms with Gasteiger partial charge in [0.05, 0.1) is 15.9 Å². The van der Waals surface area contributed by atoms with Crippen molar-refractivity contribution in [2.75, 3.05) is 24.6 Å². The number of benzene rings is 5. The van der Waals surface area contributed by atoms with Gasteiger partial charge in [-0.15, -0.1) is 0 Å². The van der Waals surface area contributed by atoms with Gasteiger partial charge in [-0.05, 0) is 63.2 Å². The lowest BCUT2D eigenvalue weighted by Crippen LogP contribution is -2.36. The normalized spacial score (nSPS) is 12.1. The Morgan fingerprint density at radius 1 is 0.929 bits per heavy atom. The van der Waals surface area contributed by atoms with Crippen molar-refractivity contribution in [3.8, 4) is 0 Å². The minimum absolute atomic E-state index is 0.0392. The van der Waals surface area contributed by atoms with Crippen LogP contribution in [0.3, 0.4) is 0 Å². The maximum atomic E-state index is 12.5. The van der Waals surface area contributed by atoms with Crippen molar-refractivity contribution < 1.29 is 24.5 Å². The van der Waals surface area contributed by atoms with Gasteiger partial charge >= 0.3 is 5.97 Å². The number of nitro groups is 2. The number of nitrogens with zero attached hydrogens (tertiary/aromatic N) is 3. The fourth-order valence-corrected chi connectivity index (χ4v) is 5.62. The predicted octanol–water partition coefficient (Wildman–Crippen LogP) is 6.54. The fourth-order valence-electron chi connectivity index (χ4n) is 5.62. The zero-order valence-electron chi connectivity index (χ0n) is 23.2. The number of ether oxygens (including phenoxy) is 1. The molecule has 0 bridgehead atoms. The summed E-state index contributed by atoms with van der Waals surface area (Å²) < 4.78 is 5.33. The van der Waals surface area contributed by atoms with Crippen LogP contribution in [0.5, 0.6) is 0 Å². The number of nitro benzene ring substituents is 2. The molecule has 0 heterocycles. The summed E-state index contributed by atoms with van der Waals surface area (Å²) in [5, 5.41) is 40.5. The summed E-state index contributed by atoms with van der Waals surface area (Å²) in [7, 11) is 0. The molecule has 5 aromatic carbocycles. The van der Waals surface area contributed by atoms with Crippen molar-refractivity contribution in [3.63, 3.8) is 0 Å². The second-order valence-electron chi connectivity index (χ2n) is 10.4. The van der Waals surface area contributed by atoms with Crippen LogP contribution < -0.4 is 4.90 Å². The third-order valence-electron chi connectivity index (χ3n) is 7.51. The van der Waals surface area contributed by atoms with E-state index in [1.165, 1.54) is 44.5 Å². The molecule has 0 amide bonds. The first-order valence-corrected chi connectivity index (χ1v) is 13.9. The highest BCUT2D eigenvalue weighted by atomic mass is 16.6. The van der Waals surface area contributed by atoms with Crippen LogP contribution in [0.25, 0.3) is 32.3 Å². The number of hydrogen-bond acceptors (Lipinski definition) is 8. The highest BCUT2D eigenvalue weighted by Gasteiger charge is 2.25. The Kier molecular flexibility index (Phi) is 8.44. The molecule has 1 atom stereocenters. The number of aryl methyl sites for hydroxylation is 1. The maximum Gasteiger partial charge on any atom is 0.305 e. The Bertz CT molecular complexity index is 1750. The number of rotatable bonds is 13. The van der Waals surface area contributed by atoms with E-state index in [0.717, 1.165) is 11.6 Å². The van der Waals surface area contributed by atoms with Gasteiger partial charge in [0.15, 0.2) is 0 Å². The molecule has 0 aromatic heterocycles. The van der Waals surface area contributed by atoms with Crippen LogP contribution in [0.1, 0.15) is 31.7 Å². The summed E-state index contributed by atoms with van der Waals surface area (Å²) in [5.41, 5.74) is 0.506. The summed E-state index contributed by atoms with van der Waals surface area (Å²) in [6, 6.07) is 22.5. The minimum atomic E-state index is -1.10. The Morgan fingerprint density at radius 2 is 1.62 bits per heavy atom. The van der Waals surface area contributed by atoms with E-state index in [2.05, 4.69) is 54.6 Å². The van der Waals surface area contributed by atoms with E-state index in [4.69, 9.17) is 4.74 Å². The molecule has 1 unspecified atom stereocenters. The molecule has 216 valence electrons. The molecule has 0 saturated carbocycles. The van der Waals surface area contributed by atoms with Gasteiger partial charge in [-0.3, -0.25) is 25.0 Å². The third kappa shape index (κ3) is 5.94.